The van der Waals surface area contributed by atoms with Gasteiger partial charge in [0.15, 0.2) is 5.69 Å². The number of carboxylic acid groups (broad SMARTS) is 1. The van der Waals surface area contributed by atoms with Gasteiger partial charge >= 0.3 is 5.97 Å². The van der Waals surface area contributed by atoms with Crippen molar-refractivity contribution >= 4 is 5.97 Å². The highest BCUT2D eigenvalue weighted by molar-refractivity contribution is 5.92. The normalized spacial score (nSPS) is 11.3. The summed E-state index contributed by atoms with van der Waals surface area (Å²) in [6, 6.07) is 7.76. The zero-order valence-electron chi connectivity index (χ0n) is 11.2. The number of carboxylic acids is 1. The molecule has 0 radical (unpaired) electrons. The van der Waals surface area contributed by atoms with Crippen LogP contribution in [0.15, 0.2) is 36.7 Å². The zero-order chi connectivity index (χ0) is 14.0. The molecule has 4 heteroatoms. The molecule has 0 saturated heterocycles. The van der Waals surface area contributed by atoms with Crippen LogP contribution in [0.3, 0.4) is 0 Å². The van der Waals surface area contributed by atoms with Crippen molar-refractivity contribution in [2.75, 3.05) is 0 Å². The summed E-state index contributed by atoms with van der Waals surface area (Å²) in [5.74, 6) is -1.07. The minimum absolute atomic E-state index is 0.0222. The van der Waals surface area contributed by atoms with Gasteiger partial charge in [-0.05, 0) is 11.0 Å². The number of aromatic nitrogens is 2. The van der Waals surface area contributed by atoms with Crippen LogP contribution in [0.25, 0.3) is 11.3 Å². The number of carbonyl (C=O) groups is 1. The molecule has 0 unspecified atom stereocenters. The van der Waals surface area contributed by atoms with Gasteiger partial charge in [-0.2, -0.15) is 0 Å². The highest BCUT2D eigenvalue weighted by atomic mass is 16.4. The Morgan fingerprint density at radius 1 is 1.05 bits per heavy atom. The van der Waals surface area contributed by atoms with Gasteiger partial charge in [0.2, 0.25) is 0 Å². The van der Waals surface area contributed by atoms with E-state index >= 15 is 0 Å². The fraction of sp³-hybridized carbons (Fsp3) is 0.267. The molecular formula is C15H16N2O2. The van der Waals surface area contributed by atoms with E-state index in [9.17, 15) is 4.79 Å². The van der Waals surface area contributed by atoms with Crippen LogP contribution in [0.5, 0.6) is 0 Å². The Kier molecular flexibility index (Phi) is 3.34. The van der Waals surface area contributed by atoms with Gasteiger partial charge in [0.05, 0.1) is 0 Å². The second kappa shape index (κ2) is 4.80. The molecule has 19 heavy (non-hydrogen) atoms. The summed E-state index contributed by atoms with van der Waals surface area (Å²) in [6.45, 7) is 6.40. The third kappa shape index (κ3) is 2.78. The molecule has 2 aromatic rings. The van der Waals surface area contributed by atoms with E-state index in [1.165, 1.54) is 18.0 Å². The standard InChI is InChI=1S/C15H16N2O2/c1-15(2,3)11-6-4-10(5-7-11)12-13(14(18)19)17-9-8-16-12/h4-9H,1-3H3,(H,18,19). The molecule has 1 heterocycles. The van der Waals surface area contributed by atoms with E-state index in [4.69, 9.17) is 5.11 Å². The van der Waals surface area contributed by atoms with Crippen LogP contribution in [0.1, 0.15) is 36.8 Å². The lowest BCUT2D eigenvalue weighted by atomic mass is 9.86. The smallest absolute Gasteiger partial charge is 0.356 e. The minimum Gasteiger partial charge on any atom is -0.476 e. The van der Waals surface area contributed by atoms with Crippen molar-refractivity contribution in [2.45, 2.75) is 26.2 Å². The van der Waals surface area contributed by atoms with Crippen molar-refractivity contribution in [3.8, 4) is 11.3 Å². The molecule has 0 aliphatic carbocycles. The van der Waals surface area contributed by atoms with Crippen molar-refractivity contribution in [1.82, 2.24) is 9.97 Å². The number of hydrogen-bond acceptors (Lipinski definition) is 3. The van der Waals surface area contributed by atoms with Crippen molar-refractivity contribution < 1.29 is 9.90 Å². The van der Waals surface area contributed by atoms with E-state index < -0.39 is 5.97 Å². The lowest BCUT2D eigenvalue weighted by Gasteiger charge is -2.19. The summed E-state index contributed by atoms with van der Waals surface area (Å²) in [5.41, 5.74) is 2.40. The second-order valence-corrected chi connectivity index (χ2v) is 5.39. The maximum absolute atomic E-state index is 11.1. The second-order valence-electron chi connectivity index (χ2n) is 5.39. The summed E-state index contributed by atoms with van der Waals surface area (Å²) in [4.78, 5) is 19.1. The van der Waals surface area contributed by atoms with E-state index in [1.54, 1.807) is 0 Å². The fourth-order valence-electron chi connectivity index (χ4n) is 1.83. The van der Waals surface area contributed by atoms with E-state index in [2.05, 4.69) is 30.7 Å². The number of benzene rings is 1. The Labute approximate surface area is 112 Å². The molecule has 0 bridgehead atoms. The van der Waals surface area contributed by atoms with Crippen LogP contribution in [-0.2, 0) is 5.41 Å². The first kappa shape index (κ1) is 13.2. The number of rotatable bonds is 2. The molecule has 0 spiro atoms. The van der Waals surface area contributed by atoms with Gasteiger partial charge in [-0.3, -0.25) is 4.98 Å². The summed E-state index contributed by atoms with van der Waals surface area (Å²) < 4.78 is 0. The fourth-order valence-corrected chi connectivity index (χ4v) is 1.83. The summed E-state index contributed by atoms with van der Waals surface area (Å²) in [5, 5.41) is 9.11. The summed E-state index contributed by atoms with van der Waals surface area (Å²) in [7, 11) is 0. The van der Waals surface area contributed by atoms with E-state index in [-0.39, 0.29) is 11.1 Å². The molecule has 98 valence electrons. The molecule has 0 saturated carbocycles. The highest BCUT2D eigenvalue weighted by Crippen LogP contribution is 2.26. The minimum atomic E-state index is -1.07. The Morgan fingerprint density at radius 3 is 2.16 bits per heavy atom. The predicted octanol–water partition coefficient (Wildman–Crippen LogP) is 3.14. The number of aromatic carboxylic acids is 1. The average Bonchev–Trinajstić information content (AvgIpc) is 2.38. The van der Waals surface area contributed by atoms with Crippen LogP contribution in [-0.4, -0.2) is 21.0 Å². The Hall–Kier alpha value is -2.23. The molecule has 1 aromatic carbocycles. The van der Waals surface area contributed by atoms with Gasteiger partial charge in [0.25, 0.3) is 0 Å². The summed E-state index contributed by atoms with van der Waals surface area (Å²) >= 11 is 0. The molecule has 0 aliphatic heterocycles. The van der Waals surface area contributed by atoms with E-state index in [1.807, 2.05) is 24.3 Å². The van der Waals surface area contributed by atoms with Crippen LogP contribution in [0.4, 0.5) is 0 Å². The molecule has 1 aromatic heterocycles. The SMILES string of the molecule is CC(C)(C)c1ccc(-c2nccnc2C(=O)O)cc1. The molecule has 0 atom stereocenters. The third-order valence-corrected chi connectivity index (χ3v) is 2.93. The molecule has 0 fully saturated rings. The average molecular weight is 256 g/mol. The first-order chi connectivity index (χ1) is 8.89. The maximum atomic E-state index is 11.1. The lowest BCUT2D eigenvalue weighted by Crippen LogP contribution is -2.10. The van der Waals surface area contributed by atoms with Gasteiger partial charge in [-0.15, -0.1) is 0 Å². The van der Waals surface area contributed by atoms with Gasteiger partial charge < -0.3 is 5.11 Å². The maximum Gasteiger partial charge on any atom is 0.356 e. The van der Waals surface area contributed by atoms with Gasteiger partial charge in [-0.25, -0.2) is 9.78 Å². The van der Waals surface area contributed by atoms with Crippen LogP contribution in [0.2, 0.25) is 0 Å². The molecule has 0 aliphatic rings. The topological polar surface area (TPSA) is 63.1 Å². The Morgan fingerprint density at radius 2 is 1.63 bits per heavy atom. The molecule has 1 N–H and O–H groups in total. The van der Waals surface area contributed by atoms with E-state index in [0.717, 1.165) is 5.56 Å². The van der Waals surface area contributed by atoms with Crippen molar-refractivity contribution in [1.29, 1.82) is 0 Å². The largest absolute Gasteiger partial charge is 0.476 e. The van der Waals surface area contributed by atoms with Crippen molar-refractivity contribution in [3.63, 3.8) is 0 Å². The van der Waals surface area contributed by atoms with Crippen molar-refractivity contribution in [2.24, 2.45) is 0 Å². The Balaban J connectivity index is 2.46. The molecular weight excluding hydrogens is 240 g/mol. The van der Waals surface area contributed by atoms with Gasteiger partial charge in [0, 0.05) is 18.0 Å². The third-order valence-electron chi connectivity index (χ3n) is 2.93. The van der Waals surface area contributed by atoms with Crippen LogP contribution < -0.4 is 0 Å². The zero-order valence-corrected chi connectivity index (χ0v) is 11.2. The van der Waals surface area contributed by atoms with E-state index in [0.29, 0.717) is 5.69 Å². The molecule has 2 rings (SSSR count). The predicted molar refractivity (Wildman–Crippen MR) is 73.1 cm³/mol. The van der Waals surface area contributed by atoms with Gasteiger partial charge in [-0.1, -0.05) is 45.0 Å². The number of hydrogen-bond donors (Lipinski definition) is 1. The monoisotopic (exact) mass is 256 g/mol. The first-order valence-corrected chi connectivity index (χ1v) is 6.05. The summed E-state index contributed by atoms with van der Waals surface area (Å²) in [6.07, 6.45) is 2.88. The van der Waals surface area contributed by atoms with Crippen LogP contribution >= 0.6 is 0 Å². The highest BCUT2D eigenvalue weighted by Gasteiger charge is 2.16. The Bertz CT molecular complexity index is 598. The van der Waals surface area contributed by atoms with Gasteiger partial charge in [0.1, 0.15) is 5.69 Å². The lowest BCUT2D eigenvalue weighted by molar-refractivity contribution is 0.0691. The van der Waals surface area contributed by atoms with Crippen LogP contribution in [0, 0.1) is 0 Å². The molecule has 0 amide bonds. The number of nitrogens with zero attached hydrogens (tertiary/aromatic N) is 2. The van der Waals surface area contributed by atoms with Crippen molar-refractivity contribution in [3.05, 3.63) is 47.9 Å². The first-order valence-electron chi connectivity index (χ1n) is 6.05. The molecule has 4 nitrogen and oxygen atoms in total. The quantitative estimate of drug-likeness (QED) is 0.896.